The first-order valence-electron chi connectivity index (χ1n) is 30.2. The van der Waals surface area contributed by atoms with Crippen molar-refractivity contribution in [2.75, 3.05) is 0 Å². The molecule has 0 atom stereocenters. The lowest BCUT2D eigenvalue weighted by Gasteiger charge is -2.13. The highest BCUT2D eigenvalue weighted by atomic mass is 79.9. The molecule has 11 heteroatoms. The molecule has 8 heterocycles. The van der Waals surface area contributed by atoms with E-state index in [0.29, 0.717) is 0 Å². The van der Waals surface area contributed by atoms with Crippen molar-refractivity contribution in [3.8, 4) is 28.9 Å². The third kappa shape index (κ3) is 9.22. The molecule has 0 spiro atoms. The topological polar surface area (TPSA) is 99.7 Å². The summed E-state index contributed by atoms with van der Waals surface area (Å²) in [5, 5.41) is 26.4. The molecule has 0 bridgehead atoms. The van der Waals surface area contributed by atoms with Gasteiger partial charge in [0.15, 0.2) is 0 Å². The standard InChI is InChI=1S/C40H24N4O.C23H14N2O.C17H11BrN2.2CH4/c1-2-10-26-22-37-32(21-25(26)9-1)29-18-16-27(23-33(29)40-42-34-12-4-6-14-36(34)44(37)40)45-28-17-19-31-30-11-3-5-13-35(30)43(38(31)24-28)39-15-7-8-20-41-39;26-16-9-10-17-18-11-14-5-1-2-6-15(14)12-22(18)25-21-8-4-3-7-20(21)24-23(25)19(17)13-16;18-12-8-9-14-13-5-1-2-6-15(13)20(16(14)11-12)17-7-3-4-10-19-17;;/h1-24H;1-13,26H;1-11H;2*1H4. The lowest BCUT2D eigenvalue weighted by molar-refractivity contribution is 0.476. The number of benzene rings is 12. The number of aromatic nitrogens is 8. The summed E-state index contributed by atoms with van der Waals surface area (Å²) in [5.74, 6) is 3.60. The highest BCUT2D eigenvalue weighted by Crippen LogP contribution is 2.41. The summed E-state index contributed by atoms with van der Waals surface area (Å²) in [6.07, 6.45) is 3.66. The highest BCUT2D eigenvalue weighted by Gasteiger charge is 2.20. The Balaban J connectivity index is 0.000000121. The number of hydrogen-bond donors (Lipinski definition) is 1. The normalized spacial score (nSPS) is 11.6. The summed E-state index contributed by atoms with van der Waals surface area (Å²) in [7, 11) is 0. The van der Waals surface area contributed by atoms with Crippen LogP contribution in [0.4, 0.5) is 0 Å². The van der Waals surface area contributed by atoms with Gasteiger partial charge in [-0.1, -0.05) is 158 Å². The third-order valence-electron chi connectivity index (χ3n) is 17.7. The molecule has 0 aliphatic carbocycles. The molecule has 1 N–H and O–H groups in total. The molecule has 20 rings (SSSR count). The number of nitrogens with zero attached hydrogens (tertiary/aromatic N) is 8. The van der Waals surface area contributed by atoms with Crippen LogP contribution in [0.25, 0.3) is 154 Å². The van der Waals surface area contributed by atoms with Gasteiger partial charge in [0.25, 0.3) is 0 Å². The average molecular weight is 1270 g/mol. The fourth-order valence-corrected chi connectivity index (χ4v) is 14.0. The number of phenolic OH excluding ortho intramolecular Hbond substituents is 1. The maximum absolute atomic E-state index is 10.1. The Hall–Kier alpha value is -11.9. The molecule has 0 fully saturated rings. The number of hydrogen-bond acceptors (Lipinski definition) is 6. The van der Waals surface area contributed by atoms with Crippen molar-refractivity contribution in [3.63, 3.8) is 0 Å². The number of pyridine rings is 4. The quantitative estimate of drug-likeness (QED) is 0.139. The molecule has 0 saturated carbocycles. The molecular weight excluding hydrogens is 1210 g/mol. The second-order valence-electron chi connectivity index (χ2n) is 22.9. The molecule has 10 nitrogen and oxygen atoms in total. The highest BCUT2D eigenvalue weighted by molar-refractivity contribution is 9.10. The number of fused-ring (bicyclic) bond motifs is 24. The number of aromatic hydroxyl groups is 1. The summed E-state index contributed by atoms with van der Waals surface area (Å²) in [6.45, 7) is 0. The lowest BCUT2D eigenvalue weighted by atomic mass is 10.0. The van der Waals surface area contributed by atoms with E-state index < -0.39 is 0 Å². The molecule has 20 aromatic rings. The number of imidazole rings is 2. The molecule has 93 heavy (non-hydrogen) atoms. The van der Waals surface area contributed by atoms with Crippen LogP contribution >= 0.6 is 15.9 Å². The van der Waals surface area contributed by atoms with Gasteiger partial charge in [-0.05, 0) is 178 Å². The van der Waals surface area contributed by atoms with Crippen LogP contribution in [0.1, 0.15) is 14.9 Å². The van der Waals surface area contributed by atoms with Gasteiger partial charge in [0, 0.05) is 66.0 Å². The van der Waals surface area contributed by atoms with Gasteiger partial charge in [-0.3, -0.25) is 17.9 Å². The van der Waals surface area contributed by atoms with Crippen molar-refractivity contribution < 1.29 is 9.84 Å². The second kappa shape index (κ2) is 22.5. The summed E-state index contributed by atoms with van der Waals surface area (Å²) in [5.41, 5.74) is 12.7. The molecule has 0 unspecified atom stereocenters. The van der Waals surface area contributed by atoms with Crippen LogP contribution in [0.3, 0.4) is 0 Å². The molecule has 12 aromatic carbocycles. The van der Waals surface area contributed by atoms with E-state index in [1.54, 1.807) is 6.07 Å². The van der Waals surface area contributed by atoms with Crippen LogP contribution < -0.4 is 4.74 Å². The maximum Gasteiger partial charge on any atom is 0.146 e. The van der Waals surface area contributed by atoms with Crippen molar-refractivity contribution in [1.29, 1.82) is 0 Å². The Morgan fingerprint density at radius 3 is 1.24 bits per heavy atom. The minimum atomic E-state index is 0. The molecule has 0 aliphatic rings. The SMILES string of the molecule is Brc1ccc2c3ccccc3n(-c3ccccn3)c2c1.C.C.Oc1ccc2c3cc4ccccc4cc3n3c4ccccc4nc3c2c1.c1ccc(-n2c3ccccc3c3ccc(Oc4ccc5c6cc7ccccc7cc6n6c7ccccc7nc6c5c4)cc32)nc1. The van der Waals surface area contributed by atoms with Gasteiger partial charge >= 0.3 is 0 Å². The molecular formula is C82H57BrN8O2. The number of halogens is 1. The maximum atomic E-state index is 10.1. The van der Waals surface area contributed by atoms with Crippen molar-refractivity contribution >= 4 is 158 Å². The van der Waals surface area contributed by atoms with Gasteiger partial charge in [-0.25, -0.2) is 19.9 Å². The van der Waals surface area contributed by atoms with Gasteiger partial charge in [0.05, 0.1) is 55.2 Å². The fourth-order valence-electron chi connectivity index (χ4n) is 13.7. The minimum Gasteiger partial charge on any atom is -0.508 e. The Kier molecular flexibility index (Phi) is 13.6. The van der Waals surface area contributed by atoms with E-state index in [9.17, 15) is 5.11 Å². The lowest BCUT2D eigenvalue weighted by Crippen LogP contribution is -1.96. The monoisotopic (exact) mass is 1260 g/mol. The van der Waals surface area contributed by atoms with E-state index >= 15 is 0 Å². The molecule has 0 amide bonds. The fraction of sp³-hybridized carbons (Fsp3) is 0.0244. The summed E-state index contributed by atoms with van der Waals surface area (Å²) in [6, 6.07) is 96.0. The average Bonchev–Trinajstić information content (AvgIpc) is 1.70. The van der Waals surface area contributed by atoms with E-state index in [4.69, 9.17) is 14.7 Å². The van der Waals surface area contributed by atoms with Crippen LogP contribution in [0.2, 0.25) is 0 Å². The van der Waals surface area contributed by atoms with Gasteiger partial charge < -0.3 is 9.84 Å². The van der Waals surface area contributed by atoms with Crippen LogP contribution in [-0.2, 0) is 0 Å². The van der Waals surface area contributed by atoms with Crippen LogP contribution in [0, 0.1) is 0 Å². The predicted octanol–water partition coefficient (Wildman–Crippen LogP) is 22.1. The minimum absolute atomic E-state index is 0. The van der Waals surface area contributed by atoms with E-state index in [2.05, 4.69) is 238 Å². The van der Waals surface area contributed by atoms with Crippen molar-refractivity contribution in [2.24, 2.45) is 0 Å². The zero-order chi connectivity index (χ0) is 60.3. The van der Waals surface area contributed by atoms with Crippen molar-refractivity contribution in [2.45, 2.75) is 14.9 Å². The van der Waals surface area contributed by atoms with E-state index in [1.807, 2.05) is 91.3 Å². The van der Waals surface area contributed by atoms with Crippen LogP contribution in [0.15, 0.2) is 296 Å². The predicted molar refractivity (Wildman–Crippen MR) is 390 cm³/mol. The Labute approximate surface area is 541 Å². The van der Waals surface area contributed by atoms with Gasteiger partial charge in [0.2, 0.25) is 0 Å². The zero-order valence-electron chi connectivity index (χ0n) is 48.5. The first-order valence-corrected chi connectivity index (χ1v) is 31.0. The van der Waals surface area contributed by atoms with Gasteiger partial charge in [-0.2, -0.15) is 0 Å². The van der Waals surface area contributed by atoms with Crippen LogP contribution in [-0.4, -0.2) is 43.0 Å². The number of phenols is 1. The van der Waals surface area contributed by atoms with Gasteiger partial charge in [0.1, 0.15) is 40.2 Å². The van der Waals surface area contributed by atoms with Gasteiger partial charge in [-0.15, -0.1) is 0 Å². The Morgan fingerprint density at radius 1 is 0.301 bits per heavy atom. The number of para-hydroxylation sites is 6. The first-order chi connectivity index (χ1) is 44.9. The van der Waals surface area contributed by atoms with E-state index in [0.717, 1.165) is 115 Å². The van der Waals surface area contributed by atoms with E-state index in [-0.39, 0.29) is 20.6 Å². The first kappa shape index (κ1) is 56.3. The second-order valence-corrected chi connectivity index (χ2v) is 23.8. The number of ether oxygens (including phenoxy) is 1. The van der Waals surface area contributed by atoms with Crippen LogP contribution in [0.5, 0.6) is 17.2 Å². The smallest absolute Gasteiger partial charge is 0.146 e. The third-order valence-corrected chi connectivity index (χ3v) is 18.2. The van der Waals surface area contributed by atoms with Crippen molar-refractivity contribution in [3.05, 3.63) is 296 Å². The Morgan fingerprint density at radius 2 is 0.710 bits per heavy atom. The summed E-state index contributed by atoms with van der Waals surface area (Å²) < 4.78 is 16.6. The molecule has 0 aliphatic heterocycles. The summed E-state index contributed by atoms with van der Waals surface area (Å²) >= 11 is 3.56. The van der Waals surface area contributed by atoms with Crippen molar-refractivity contribution in [1.82, 2.24) is 37.9 Å². The number of rotatable bonds is 4. The molecule has 8 aromatic heterocycles. The zero-order valence-corrected chi connectivity index (χ0v) is 50.1. The summed E-state index contributed by atoms with van der Waals surface area (Å²) in [4.78, 5) is 19.2. The molecule has 444 valence electrons. The molecule has 0 radical (unpaired) electrons. The largest absolute Gasteiger partial charge is 0.508 e. The molecule has 0 saturated heterocycles. The Bertz CT molecular complexity index is 6350. The van der Waals surface area contributed by atoms with E-state index in [1.165, 1.54) is 54.1 Å².